The first-order valence-electron chi connectivity index (χ1n) is 20.4. The molecule has 2 saturated heterocycles. The van der Waals surface area contributed by atoms with Crippen LogP contribution in [0.25, 0.3) is 0 Å². The quantitative estimate of drug-likeness (QED) is 0.0971. The van der Waals surface area contributed by atoms with E-state index in [0.29, 0.717) is 0 Å². The second-order valence-corrected chi connectivity index (χ2v) is 27.9. The average molecular weight is 931 g/mol. The van der Waals surface area contributed by atoms with Crippen LogP contribution in [-0.2, 0) is 33.2 Å². The van der Waals surface area contributed by atoms with Gasteiger partial charge in [-0.2, -0.15) is 0 Å². The number of halogens is 2. The molecular weight excluding hydrogens is 875 g/mol. The highest BCUT2D eigenvalue weighted by atomic mass is 127. The van der Waals surface area contributed by atoms with Gasteiger partial charge in [-0.15, -0.1) is 0 Å². The second-order valence-electron chi connectivity index (χ2n) is 19.1. The Morgan fingerprint density at radius 2 is 1.07 bits per heavy atom. The van der Waals surface area contributed by atoms with E-state index < -0.39 is 51.6 Å². The van der Waals surface area contributed by atoms with Crippen LogP contribution in [0.3, 0.4) is 0 Å². The first-order valence-corrected chi connectivity index (χ1v) is 25.3. The maximum Gasteiger partial charge on any atom is 0.288 e. The Bertz CT molecular complexity index is 2220. The van der Waals surface area contributed by atoms with Gasteiger partial charge in [-0.1, -0.05) is 151 Å². The lowest BCUT2D eigenvalue weighted by atomic mass is 9.87. The fourth-order valence-corrected chi connectivity index (χ4v) is 19.3. The van der Waals surface area contributed by atoms with Gasteiger partial charge in [-0.25, -0.2) is 4.39 Å². The molecule has 2 aliphatic heterocycles. The zero-order chi connectivity index (χ0) is 41.5. The van der Waals surface area contributed by atoms with E-state index in [1.807, 2.05) is 33.8 Å². The Morgan fingerprint density at radius 3 is 1.66 bits per heavy atom. The number of benzene rings is 4. The van der Waals surface area contributed by atoms with Gasteiger partial charge in [0.25, 0.3) is 16.6 Å². The van der Waals surface area contributed by atoms with Crippen LogP contribution in [0.1, 0.15) is 74.8 Å². The second kappa shape index (κ2) is 15.0. The molecule has 8 atom stereocenters. The van der Waals surface area contributed by atoms with Crippen molar-refractivity contribution in [3.8, 4) is 0 Å². The normalized spacial score (nSPS) is 28.3. The molecule has 0 aromatic heterocycles. The summed E-state index contributed by atoms with van der Waals surface area (Å²) in [7, 11) is -6.88. The molecule has 0 N–H and O–H groups in total. The molecule has 0 bridgehead atoms. The Morgan fingerprint density at radius 1 is 0.569 bits per heavy atom. The Hall–Kier alpha value is -2.79. The highest BCUT2D eigenvalue weighted by Gasteiger charge is 2.59. The van der Waals surface area contributed by atoms with E-state index in [2.05, 4.69) is 173 Å². The lowest BCUT2D eigenvalue weighted by Crippen LogP contribution is -2.73. The van der Waals surface area contributed by atoms with Crippen LogP contribution in [-0.4, -0.2) is 64.8 Å². The molecule has 2 fully saturated rings. The van der Waals surface area contributed by atoms with Gasteiger partial charge in [0.05, 0.1) is 0 Å². The minimum Gasteiger partial charge on any atom is -0.395 e. The lowest BCUT2D eigenvalue weighted by molar-refractivity contribution is -0.153. The van der Waals surface area contributed by atoms with Gasteiger partial charge in [-0.3, -0.25) is 0 Å². The van der Waals surface area contributed by atoms with E-state index in [0.717, 1.165) is 29.5 Å². The first-order chi connectivity index (χ1) is 27.2. The highest BCUT2D eigenvalue weighted by Crippen LogP contribution is 2.45. The predicted octanol–water partition coefficient (Wildman–Crippen LogP) is 7.82. The minimum atomic E-state index is -3.46. The van der Waals surface area contributed by atoms with Crippen molar-refractivity contribution in [2.75, 3.05) is 0 Å². The Labute approximate surface area is 359 Å². The van der Waals surface area contributed by atoms with Crippen molar-refractivity contribution < 1.29 is 32.2 Å². The third kappa shape index (κ3) is 7.38. The van der Waals surface area contributed by atoms with Crippen molar-refractivity contribution in [3.63, 3.8) is 0 Å². The standard InChI is InChI=1S/C48H56FIO6Si2/c1-45(2,3)31-19-17-24-34(27-31)57(32-20-13-11-14-21-32,55-42-38(50)30-40-44(42)54-48(9,10)52-40)35-25-18-26-36(28-35)58(46(4,5)6,33-22-15-12-16-23-33)56-41-37(49)29-39-43(41)53-47(7,8)51-39/h11-30,39-44H,1-10H3/t39-,40-,41+,42+,43-,44-,57?,58?/m1/s1. The van der Waals surface area contributed by atoms with Crippen molar-refractivity contribution in [1.82, 2.24) is 0 Å². The van der Waals surface area contributed by atoms with Gasteiger partial charge in [0.1, 0.15) is 42.5 Å². The molecule has 0 spiro atoms. The van der Waals surface area contributed by atoms with Gasteiger partial charge in [0, 0.05) is 3.58 Å². The minimum absolute atomic E-state index is 0.110. The van der Waals surface area contributed by atoms with E-state index in [4.69, 9.17) is 27.8 Å². The maximum absolute atomic E-state index is 16.3. The Kier molecular flexibility index (Phi) is 10.8. The molecule has 10 heteroatoms. The maximum atomic E-state index is 16.3. The molecule has 306 valence electrons. The van der Waals surface area contributed by atoms with Crippen molar-refractivity contribution in [3.05, 3.63) is 136 Å². The van der Waals surface area contributed by atoms with Crippen LogP contribution in [0.2, 0.25) is 5.04 Å². The molecule has 0 saturated carbocycles. The van der Waals surface area contributed by atoms with E-state index in [1.165, 1.54) is 11.6 Å². The summed E-state index contributed by atoms with van der Waals surface area (Å²) in [6.07, 6.45) is 0.689. The number of hydrogen-bond donors (Lipinski definition) is 0. The molecule has 6 nitrogen and oxygen atoms in total. The zero-order valence-electron chi connectivity index (χ0n) is 35.2. The van der Waals surface area contributed by atoms with Crippen molar-refractivity contribution >= 4 is 65.2 Å². The molecule has 8 rings (SSSR count). The van der Waals surface area contributed by atoms with Gasteiger partial charge in [0.2, 0.25) is 0 Å². The summed E-state index contributed by atoms with van der Waals surface area (Å²) >= 11 is 2.42. The van der Waals surface area contributed by atoms with Crippen LogP contribution in [0.5, 0.6) is 0 Å². The fourth-order valence-electron chi connectivity index (χ4n) is 9.36. The fraction of sp³-hybridized carbons (Fsp3) is 0.417. The van der Waals surface area contributed by atoms with E-state index in [9.17, 15) is 0 Å². The van der Waals surface area contributed by atoms with Crippen LogP contribution >= 0.6 is 22.6 Å². The summed E-state index contributed by atoms with van der Waals surface area (Å²) in [5.74, 6) is -1.96. The number of rotatable bonds is 9. The molecule has 2 heterocycles. The third-order valence-corrected chi connectivity index (χ3v) is 21.9. The van der Waals surface area contributed by atoms with Gasteiger partial charge >= 0.3 is 0 Å². The third-order valence-electron chi connectivity index (χ3n) is 11.9. The zero-order valence-corrected chi connectivity index (χ0v) is 39.4. The molecular formula is C48H56FIO6Si2. The number of ether oxygens (including phenoxy) is 4. The monoisotopic (exact) mass is 930 g/mol. The average Bonchev–Trinajstić information content (AvgIpc) is 3.82. The summed E-state index contributed by atoms with van der Waals surface area (Å²) in [4.78, 5) is 0. The highest BCUT2D eigenvalue weighted by molar-refractivity contribution is 14.1. The molecule has 58 heavy (non-hydrogen) atoms. The van der Waals surface area contributed by atoms with Crippen molar-refractivity contribution in [2.45, 2.75) is 128 Å². The molecule has 4 aromatic rings. The largest absolute Gasteiger partial charge is 0.395 e. The molecule has 4 aliphatic rings. The molecule has 0 amide bonds. The topological polar surface area (TPSA) is 55.4 Å². The van der Waals surface area contributed by atoms with Crippen molar-refractivity contribution in [1.29, 1.82) is 0 Å². The van der Waals surface area contributed by atoms with Crippen LogP contribution in [0, 0.1) is 0 Å². The summed E-state index contributed by atoms with van der Waals surface area (Å²) in [6, 6.07) is 38.9. The Balaban J connectivity index is 1.38. The SMILES string of the molecule is CC1(C)O[C@@H]2[C@@H](C=C(F)[C@@H]2O[Si](c2ccccc2)(c2cccc([Si](O[C@H]3C(I)=C[C@H]4OC(C)(C)O[C@H]43)(c3ccccc3)c3cccc(C(C)(C)C)c3)c2)C(C)(C)C)O1. The van der Waals surface area contributed by atoms with Gasteiger partial charge in [-0.05, 0) is 104 Å². The summed E-state index contributed by atoms with van der Waals surface area (Å²) in [5, 5.41) is 4.92. The van der Waals surface area contributed by atoms with Gasteiger partial charge in [0.15, 0.2) is 11.6 Å². The smallest absolute Gasteiger partial charge is 0.288 e. The van der Waals surface area contributed by atoms with E-state index in [1.54, 1.807) is 0 Å². The summed E-state index contributed by atoms with van der Waals surface area (Å²) in [6.45, 7) is 21.1. The van der Waals surface area contributed by atoms with E-state index in [-0.39, 0.29) is 29.6 Å². The van der Waals surface area contributed by atoms with Crippen LogP contribution in [0.4, 0.5) is 4.39 Å². The van der Waals surface area contributed by atoms with Gasteiger partial charge < -0.3 is 27.8 Å². The molecule has 2 aliphatic carbocycles. The molecule has 2 unspecified atom stereocenters. The van der Waals surface area contributed by atoms with Crippen LogP contribution in [0.15, 0.2) is 131 Å². The number of fused-ring (bicyclic) bond motifs is 2. The summed E-state index contributed by atoms with van der Waals surface area (Å²) in [5.41, 5.74) is 1.11. The first kappa shape index (κ1) is 41.9. The van der Waals surface area contributed by atoms with Crippen molar-refractivity contribution in [2.24, 2.45) is 0 Å². The molecule has 0 radical (unpaired) electrons. The van der Waals surface area contributed by atoms with E-state index >= 15 is 4.39 Å². The molecule has 4 aromatic carbocycles. The summed E-state index contributed by atoms with van der Waals surface area (Å²) < 4.78 is 58.5. The van der Waals surface area contributed by atoms with Crippen LogP contribution < -0.4 is 25.9 Å². The predicted molar refractivity (Wildman–Crippen MR) is 243 cm³/mol. The lowest BCUT2D eigenvalue weighted by Gasteiger charge is -2.46. The number of hydrogen-bond acceptors (Lipinski definition) is 6.